The molecule has 0 saturated heterocycles. The summed E-state index contributed by atoms with van der Waals surface area (Å²) >= 11 is 0. The van der Waals surface area contributed by atoms with Crippen LogP contribution in [0, 0.1) is 0 Å². The second kappa shape index (κ2) is 40.8. The van der Waals surface area contributed by atoms with Gasteiger partial charge in [0.2, 0.25) is 0 Å². The van der Waals surface area contributed by atoms with Crippen LogP contribution < -0.4 is 5.73 Å². The SMILES string of the molecule is CCCCC/C=C/C/C=C/C/C=C/C/C=C/C/C=C/CCC(=O)OC[C@H](COP(=O)(O)OCCN)OC(=O)CCCCCCC/C=C/C/C=C/CCCCC. The Morgan fingerprint density at radius 3 is 1.47 bits per heavy atom. The summed E-state index contributed by atoms with van der Waals surface area (Å²) in [7, 11) is -4.40. The molecule has 0 amide bonds. The molecule has 0 aromatic heterocycles. The van der Waals surface area contributed by atoms with Crippen molar-refractivity contribution in [1.82, 2.24) is 0 Å². The molecule has 0 aromatic rings. The molecule has 1 unspecified atom stereocenters. The highest BCUT2D eigenvalue weighted by Gasteiger charge is 2.25. The van der Waals surface area contributed by atoms with Crippen molar-refractivity contribution in [3.05, 3.63) is 85.1 Å². The van der Waals surface area contributed by atoms with Crippen molar-refractivity contribution in [3.63, 3.8) is 0 Å². The highest BCUT2D eigenvalue weighted by atomic mass is 31.2. The van der Waals surface area contributed by atoms with Gasteiger partial charge in [0.1, 0.15) is 6.61 Å². The number of unbranched alkanes of at least 4 members (excludes halogenated alkanes) is 11. The van der Waals surface area contributed by atoms with Crippen LogP contribution in [0.4, 0.5) is 0 Å². The Kier molecular flexibility index (Phi) is 38.8. The van der Waals surface area contributed by atoms with Crippen LogP contribution >= 0.6 is 7.82 Å². The van der Waals surface area contributed by atoms with Crippen molar-refractivity contribution in [2.75, 3.05) is 26.4 Å². The highest BCUT2D eigenvalue weighted by Crippen LogP contribution is 2.43. The third-order valence-corrected chi connectivity index (χ3v) is 9.25. The minimum atomic E-state index is -4.40. The number of phosphoric acid groups is 1. The van der Waals surface area contributed by atoms with Crippen LogP contribution in [0.1, 0.15) is 155 Å². The first-order valence-corrected chi connectivity index (χ1v) is 22.6. The van der Waals surface area contributed by atoms with Gasteiger partial charge in [0, 0.05) is 19.4 Å². The van der Waals surface area contributed by atoms with Crippen LogP contribution in [0.3, 0.4) is 0 Å². The summed E-state index contributed by atoms with van der Waals surface area (Å²) in [5.41, 5.74) is 5.34. The molecule has 9 nitrogen and oxygen atoms in total. The number of allylic oxidation sites excluding steroid dienone is 14. The number of hydrogen-bond donors (Lipinski definition) is 2. The Bertz CT molecular complexity index is 1170. The van der Waals surface area contributed by atoms with Crippen molar-refractivity contribution in [2.24, 2.45) is 5.73 Å². The minimum Gasteiger partial charge on any atom is -0.462 e. The van der Waals surface area contributed by atoms with E-state index in [4.69, 9.17) is 24.3 Å². The van der Waals surface area contributed by atoms with E-state index in [1.165, 1.54) is 51.4 Å². The molecule has 314 valence electrons. The smallest absolute Gasteiger partial charge is 0.462 e. The standard InChI is InChI=1S/C45H76NO8P/c1-3-5-7-9-11-13-15-17-19-20-21-22-24-25-27-29-31-33-35-37-44(47)51-41-43(42-53-55(49,50)52-40-39-46)54-45(48)38-36-34-32-30-28-26-23-18-16-14-12-10-8-6-4-2/h11-14,17-19,21-23,25,27,31,33,43H,3-10,15-16,20,24,26,28-30,32,34-42,46H2,1-2H3,(H,49,50)/b13-11+,14-12+,19-17+,22-21+,23-18+,27-25+,33-31+/t43-/m1/s1. The second-order valence-electron chi connectivity index (χ2n) is 13.5. The van der Waals surface area contributed by atoms with Crippen LogP contribution in [0.2, 0.25) is 0 Å². The number of carbonyl (C=O) groups excluding carboxylic acids is 2. The quantitative estimate of drug-likeness (QED) is 0.0271. The van der Waals surface area contributed by atoms with E-state index in [2.05, 4.69) is 86.8 Å². The first kappa shape index (κ1) is 52.2. The van der Waals surface area contributed by atoms with Gasteiger partial charge in [0.05, 0.1) is 13.2 Å². The number of phosphoric ester groups is 1. The average molecular weight is 790 g/mol. The molecule has 0 radical (unpaired) electrons. The number of carbonyl (C=O) groups is 2. The molecule has 0 saturated carbocycles. The Morgan fingerprint density at radius 1 is 0.545 bits per heavy atom. The maximum absolute atomic E-state index is 12.6. The van der Waals surface area contributed by atoms with Crippen LogP contribution in [-0.2, 0) is 32.7 Å². The fourth-order valence-electron chi connectivity index (χ4n) is 5.12. The predicted octanol–water partition coefficient (Wildman–Crippen LogP) is 12.0. The summed E-state index contributed by atoms with van der Waals surface area (Å²) < 4.78 is 32.6. The number of rotatable bonds is 38. The Morgan fingerprint density at radius 2 is 0.982 bits per heavy atom. The van der Waals surface area contributed by atoms with E-state index in [1.807, 2.05) is 12.2 Å². The van der Waals surface area contributed by atoms with Crippen LogP contribution in [0.25, 0.3) is 0 Å². The number of nitrogens with two attached hydrogens (primary N) is 1. The maximum Gasteiger partial charge on any atom is 0.472 e. The molecule has 0 fully saturated rings. The largest absolute Gasteiger partial charge is 0.472 e. The van der Waals surface area contributed by atoms with Gasteiger partial charge in [0.25, 0.3) is 0 Å². The summed E-state index contributed by atoms with van der Waals surface area (Å²) in [4.78, 5) is 34.8. The fourth-order valence-corrected chi connectivity index (χ4v) is 5.88. The maximum atomic E-state index is 12.6. The van der Waals surface area contributed by atoms with Crippen molar-refractivity contribution < 1.29 is 37.6 Å². The van der Waals surface area contributed by atoms with Gasteiger partial charge in [-0.15, -0.1) is 0 Å². The van der Waals surface area contributed by atoms with E-state index in [1.54, 1.807) is 0 Å². The van der Waals surface area contributed by atoms with E-state index in [0.29, 0.717) is 12.8 Å². The highest BCUT2D eigenvalue weighted by molar-refractivity contribution is 7.47. The third-order valence-electron chi connectivity index (χ3n) is 8.27. The first-order chi connectivity index (χ1) is 26.8. The summed E-state index contributed by atoms with van der Waals surface area (Å²) in [6.07, 6.45) is 50.5. The summed E-state index contributed by atoms with van der Waals surface area (Å²) in [6.45, 7) is 3.55. The molecule has 0 heterocycles. The molecular formula is C45H76NO8P. The average Bonchev–Trinajstić information content (AvgIpc) is 3.17. The summed E-state index contributed by atoms with van der Waals surface area (Å²) in [5.74, 6) is -0.950. The Labute approximate surface area is 334 Å². The first-order valence-electron chi connectivity index (χ1n) is 21.1. The van der Waals surface area contributed by atoms with E-state index < -0.39 is 32.5 Å². The number of esters is 2. The molecule has 10 heteroatoms. The zero-order chi connectivity index (χ0) is 40.3. The molecule has 0 aromatic carbocycles. The Hall–Kier alpha value is -2.81. The monoisotopic (exact) mass is 790 g/mol. The van der Waals surface area contributed by atoms with Crippen molar-refractivity contribution in [3.8, 4) is 0 Å². The molecule has 0 bridgehead atoms. The lowest BCUT2D eigenvalue weighted by Gasteiger charge is -2.19. The third kappa shape index (κ3) is 40.7. The molecule has 55 heavy (non-hydrogen) atoms. The van der Waals surface area contributed by atoms with Gasteiger partial charge in [-0.25, -0.2) is 4.57 Å². The van der Waals surface area contributed by atoms with Gasteiger partial charge in [-0.05, 0) is 83.5 Å². The van der Waals surface area contributed by atoms with Crippen molar-refractivity contribution in [2.45, 2.75) is 161 Å². The van der Waals surface area contributed by atoms with Crippen LogP contribution in [-0.4, -0.2) is 49.3 Å². The molecule has 0 aliphatic rings. The molecule has 0 aliphatic carbocycles. The lowest BCUT2D eigenvalue weighted by molar-refractivity contribution is -0.161. The van der Waals surface area contributed by atoms with Crippen LogP contribution in [0.15, 0.2) is 85.1 Å². The zero-order valence-electron chi connectivity index (χ0n) is 34.4. The van der Waals surface area contributed by atoms with Gasteiger partial charge in [-0.1, -0.05) is 144 Å². The van der Waals surface area contributed by atoms with E-state index in [9.17, 15) is 19.0 Å². The van der Waals surface area contributed by atoms with E-state index in [0.717, 1.165) is 64.2 Å². The molecule has 3 N–H and O–H groups in total. The predicted molar refractivity (Wildman–Crippen MR) is 229 cm³/mol. The van der Waals surface area contributed by atoms with Crippen LogP contribution in [0.5, 0.6) is 0 Å². The lowest BCUT2D eigenvalue weighted by atomic mass is 10.1. The summed E-state index contributed by atoms with van der Waals surface area (Å²) in [5, 5.41) is 0. The van der Waals surface area contributed by atoms with Gasteiger partial charge in [-0.3, -0.25) is 18.6 Å². The van der Waals surface area contributed by atoms with Gasteiger partial charge < -0.3 is 20.1 Å². The summed E-state index contributed by atoms with van der Waals surface area (Å²) in [6, 6.07) is 0. The molecular weight excluding hydrogens is 713 g/mol. The van der Waals surface area contributed by atoms with E-state index in [-0.39, 0.29) is 32.6 Å². The van der Waals surface area contributed by atoms with Crippen molar-refractivity contribution >= 4 is 19.8 Å². The van der Waals surface area contributed by atoms with Gasteiger partial charge in [0.15, 0.2) is 6.10 Å². The molecule has 0 spiro atoms. The lowest BCUT2D eigenvalue weighted by Crippen LogP contribution is -2.29. The molecule has 0 rings (SSSR count). The van der Waals surface area contributed by atoms with E-state index >= 15 is 0 Å². The van der Waals surface area contributed by atoms with Crippen molar-refractivity contribution in [1.29, 1.82) is 0 Å². The van der Waals surface area contributed by atoms with Gasteiger partial charge in [-0.2, -0.15) is 0 Å². The minimum absolute atomic E-state index is 0.0372. The zero-order valence-corrected chi connectivity index (χ0v) is 35.3. The second-order valence-corrected chi connectivity index (χ2v) is 14.9. The Balaban J connectivity index is 4.34. The number of hydrogen-bond acceptors (Lipinski definition) is 8. The topological polar surface area (TPSA) is 134 Å². The molecule has 0 aliphatic heterocycles. The fraction of sp³-hybridized carbons (Fsp3) is 0.644. The molecule has 2 atom stereocenters. The number of ether oxygens (including phenoxy) is 2. The van der Waals surface area contributed by atoms with Gasteiger partial charge >= 0.3 is 19.8 Å². The normalized spacial score (nSPS) is 14.2.